The summed E-state index contributed by atoms with van der Waals surface area (Å²) in [6.45, 7) is 0.880. The summed E-state index contributed by atoms with van der Waals surface area (Å²) < 4.78 is 0. The Morgan fingerprint density at radius 2 is 2.06 bits per heavy atom. The third kappa shape index (κ3) is 1.83. The Labute approximate surface area is 113 Å². The van der Waals surface area contributed by atoms with Crippen LogP contribution in [0.1, 0.15) is 31.2 Å². The zero-order valence-corrected chi connectivity index (χ0v) is 11.2. The molecule has 1 saturated carbocycles. The molecule has 1 aromatic carbocycles. The number of alkyl halides is 1. The third-order valence-corrected chi connectivity index (χ3v) is 4.66. The topological polar surface area (TPSA) is 20.3 Å². The van der Waals surface area contributed by atoms with E-state index in [9.17, 15) is 4.79 Å². The van der Waals surface area contributed by atoms with Crippen molar-refractivity contribution in [2.24, 2.45) is 0 Å². The van der Waals surface area contributed by atoms with Crippen LogP contribution in [0.3, 0.4) is 0 Å². The molecule has 0 N–H and O–H groups in total. The van der Waals surface area contributed by atoms with Gasteiger partial charge in [-0.3, -0.25) is 4.79 Å². The standard InChI is InChI=1S/C15H18ClNO/c16-11-13-7-4-10-17(13)14(18)15(8-9-15)12-5-2-1-3-6-12/h1-3,5-6,13H,4,7-11H2. The Balaban J connectivity index is 1.84. The summed E-state index contributed by atoms with van der Waals surface area (Å²) in [5.74, 6) is 0.869. The highest BCUT2D eigenvalue weighted by Gasteiger charge is 2.54. The lowest BCUT2D eigenvalue weighted by Gasteiger charge is -2.28. The quantitative estimate of drug-likeness (QED) is 0.768. The number of halogens is 1. The van der Waals surface area contributed by atoms with Crippen molar-refractivity contribution in [3.63, 3.8) is 0 Å². The highest BCUT2D eigenvalue weighted by Crippen LogP contribution is 2.50. The normalized spacial score (nSPS) is 25.2. The van der Waals surface area contributed by atoms with Crippen molar-refractivity contribution in [1.82, 2.24) is 4.90 Å². The van der Waals surface area contributed by atoms with Gasteiger partial charge in [0, 0.05) is 18.5 Å². The SMILES string of the molecule is O=C(N1CCCC1CCl)C1(c2ccccc2)CC1. The molecule has 1 unspecified atom stereocenters. The molecule has 0 aromatic heterocycles. The second-order valence-electron chi connectivity index (χ2n) is 5.40. The molecule has 3 rings (SSSR count). The number of carbonyl (C=O) groups is 1. The van der Waals surface area contributed by atoms with Crippen LogP contribution in [0, 0.1) is 0 Å². The van der Waals surface area contributed by atoms with Crippen molar-refractivity contribution in [3.05, 3.63) is 35.9 Å². The van der Waals surface area contributed by atoms with Gasteiger partial charge in [0.1, 0.15) is 0 Å². The second kappa shape index (κ2) is 4.58. The van der Waals surface area contributed by atoms with Gasteiger partial charge in [0.25, 0.3) is 0 Å². The minimum atomic E-state index is -0.226. The summed E-state index contributed by atoms with van der Waals surface area (Å²) in [4.78, 5) is 14.8. The van der Waals surface area contributed by atoms with Gasteiger partial charge in [-0.2, -0.15) is 0 Å². The van der Waals surface area contributed by atoms with Gasteiger partial charge >= 0.3 is 0 Å². The van der Waals surface area contributed by atoms with E-state index in [1.165, 1.54) is 5.56 Å². The van der Waals surface area contributed by atoms with E-state index in [1.54, 1.807) is 0 Å². The van der Waals surface area contributed by atoms with Crippen LogP contribution in [0.4, 0.5) is 0 Å². The van der Waals surface area contributed by atoms with Crippen molar-refractivity contribution in [2.45, 2.75) is 37.1 Å². The molecule has 0 radical (unpaired) electrons. The van der Waals surface area contributed by atoms with E-state index in [0.717, 1.165) is 32.2 Å². The number of benzene rings is 1. The minimum absolute atomic E-state index is 0.226. The van der Waals surface area contributed by atoms with E-state index < -0.39 is 0 Å². The lowest BCUT2D eigenvalue weighted by Crippen LogP contribution is -2.43. The van der Waals surface area contributed by atoms with Gasteiger partial charge in [0.15, 0.2) is 0 Å². The number of carbonyl (C=O) groups excluding carboxylic acids is 1. The van der Waals surface area contributed by atoms with Gasteiger partial charge < -0.3 is 4.90 Å². The summed E-state index contributed by atoms with van der Waals surface area (Å²) in [5.41, 5.74) is 0.950. The molecule has 2 nitrogen and oxygen atoms in total. The van der Waals surface area contributed by atoms with Gasteiger partial charge in [0.05, 0.1) is 5.41 Å². The molecule has 3 heteroatoms. The predicted molar refractivity (Wildman–Crippen MR) is 72.8 cm³/mol. The fourth-order valence-electron chi connectivity index (χ4n) is 3.05. The van der Waals surface area contributed by atoms with Crippen LogP contribution in [0.2, 0.25) is 0 Å². The van der Waals surface area contributed by atoms with Crippen LogP contribution >= 0.6 is 11.6 Å². The van der Waals surface area contributed by atoms with Gasteiger partial charge in [-0.25, -0.2) is 0 Å². The zero-order chi connectivity index (χ0) is 12.6. The first-order chi connectivity index (χ1) is 8.78. The Kier molecular flexibility index (Phi) is 3.06. The van der Waals surface area contributed by atoms with E-state index in [4.69, 9.17) is 11.6 Å². The van der Waals surface area contributed by atoms with Crippen molar-refractivity contribution in [2.75, 3.05) is 12.4 Å². The molecule has 18 heavy (non-hydrogen) atoms. The van der Waals surface area contributed by atoms with Crippen LogP contribution in [0.15, 0.2) is 30.3 Å². The predicted octanol–water partition coefficient (Wildman–Crippen LogP) is 2.95. The van der Waals surface area contributed by atoms with Crippen molar-refractivity contribution >= 4 is 17.5 Å². The lowest BCUT2D eigenvalue weighted by molar-refractivity contribution is -0.134. The first kappa shape index (κ1) is 12.0. The molecule has 1 atom stereocenters. The maximum atomic E-state index is 12.8. The van der Waals surface area contributed by atoms with E-state index in [0.29, 0.717) is 11.8 Å². The Morgan fingerprint density at radius 3 is 2.67 bits per heavy atom. The van der Waals surface area contributed by atoms with Crippen LogP contribution in [0.5, 0.6) is 0 Å². The molecule has 2 aliphatic rings. The largest absolute Gasteiger partial charge is 0.338 e. The number of hydrogen-bond donors (Lipinski definition) is 0. The summed E-state index contributed by atoms with van der Waals surface area (Å²) in [5, 5.41) is 0. The summed E-state index contributed by atoms with van der Waals surface area (Å²) in [6.07, 6.45) is 4.12. The van der Waals surface area contributed by atoms with Gasteiger partial charge in [-0.05, 0) is 31.2 Å². The highest BCUT2D eigenvalue weighted by atomic mass is 35.5. The first-order valence-electron chi connectivity index (χ1n) is 6.70. The Hall–Kier alpha value is -1.02. The molecule has 1 amide bonds. The maximum absolute atomic E-state index is 12.8. The van der Waals surface area contributed by atoms with Crippen LogP contribution in [-0.4, -0.2) is 29.3 Å². The fourth-order valence-corrected chi connectivity index (χ4v) is 3.37. The Bertz CT molecular complexity index is 441. The first-order valence-corrected chi connectivity index (χ1v) is 7.24. The van der Waals surface area contributed by atoms with E-state index in [2.05, 4.69) is 12.1 Å². The second-order valence-corrected chi connectivity index (χ2v) is 5.71. The molecule has 2 fully saturated rings. The van der Waals surface area contributed by atoms with Crippen LogP contribution < -0.4 is 0 Å². The number of nitrogens with zero attached hydrogens (tertiary/aromatic N) is 1. The van der Waals surface area contributed by atoms with Crippen LogP contribution in [0.25, 0.3) is 0 Å². The average molecular weight is 264 g/mol. The molecule has 0 bridgehead atoms. The van der Waals surface area contributed by atoms with Crippen molar-refractivity contribution in [1.29, 1.82) is 0 Å². The average Bonchev–Trinajstić information content (AvgIpc) is 3.10. The number of hydrogen-bond acceptors (Lipinski definition) is 1. The smallest absolute Gasteiger partial charge is 0.233 e. The molecule has 1 saturated heterocycles. The molecule has 1 aliphatic carbocycles. The van der Waals surface area contributed by atoms with Crippen molar-refractivity contribution in [3.8, 4) is 0 Å². The number of likely N-dealkylation sites (tertiary alicyclic amines) is 1. The maximum Gasteiger partial charge on any atom is 0.233 e. The van der Waals surface area contributed by atoms with E-state index in [1.807, 2.05) is 23.1 Å². The zero-order valence-electron chi connectivity index (χ0n) is 10.4. The molecule has 1 aliphatic heterocycles. The fraction of sp³-hybridized carbons (Fsp3) is 0.533. The van der Waals surface area contributed by atoms with E-state index in [-0.39, 0.29) is 11.5 Å². The molecular weight excluding hydrogens is 246 g/mol. The van der Waals surface area contributed by atoms with Crippen molar-refractivity contribution < 1.29 is 4.79 Å². The van der Waals surface area contributed by atoms with E-state index >= 15 is 0 Å². The third-order valence-electron chi connectivity index (χ3n) is 4.30. The summed E-state index contributed by atoms with van der Waals surface area (Å²) >= 11 is 5.97. The summed E-state index contributed by atoms with van der Waals surface area (Å²) in [6, 6.07) is 10.5. The summed E-state index contributed by atoms with van der Waals surface area (Å²) in [7, 11) is 0. The lowest BCUT2D eigenvalue weighted by atomic mass is 9.94. The molecule has 0 spiro atoms. The number of rotatable bonds is 3. The molecular formula is C15H18ClNO. The monoisotopic (exact) mass is 263 g/mol. The van der Waals surface area contributed by atoms with Gasteiger partial charge in [-0.1, -0.05) is 30.3 Å². The number of amides is 1. The van der Waals surface area contributed by atoms with Gasteiger partial charge in [0.2, 0.25) is 5.91 Å². The molecule has 96 valence electrons. The Morgan fingerprint density at radius 1 is 1.33 bits per heavy atom. The minimum Gasteiger partial charge on any atom is -0.338 e. The molecule has 1 aromatic rings. The molecule has 1 heterocycles. The highest BCUT2D eigenvalue weighted by molar-refractivity contribution is 6.18. The van der Waals surface area contributed by atoms with Gasteiger partial charge in [-0.15, -0.1) is 11.6 Å². The van der Waals surface area contributed by atoms with Crippen LogP contribution in [-0.2, 0) is 10.2 Å².